The third kappa shape index (κ3) is 4.18. The van der Waals surface area contributed by atoms with Crippen LogP contribution in [-0.4, -0.2) is 22.1 Å². The van der Waals surface area contributed by atoms with Gasteiger partial charge in [-0.2, -0.15) is 0 Å². The first kappa shape index (κ1) is 17.2. The molecule has 1 aromatic heterocycles. The lowest BCUT2D eigenvalue weighted by Gasteiger charge is -2.10. The number of anilines is 1. The molecular formula is C17H23N3O3. The highest BCUT2D eigenvalue weighted by Gasteiger charge is 2.20. The van der Waals surface area contributed by atoms with Crippen LogP contribution in [0.5, 0.6) is 0 Å². The van der Waals surface area contributed by atoms with E-state index in [-0.39, 0.29) is 17.5 Å². The minimum atomic E-state index is -0.808. The van der Waals surface area contributed by atoms with E-state index in [2.05, 4.69) is 24.1 Å². The van der Waals surface area contributed by atoms with E-state index in [0.29, 0.717) is 11.6 Å². The van der Waals surface area contributed by atoms with Gasteiger partial charge < -0.3 is 20.6 Å². The van der Waals surface area contributed by atoms with Gasteiger partial charge in [-0.3, -0.25) is 4.79 Å². The number of carbonyl (C=O) groups is 1. The lowest BCUT2D eigenvalue weighted by Crippen LogP contribution is -2.23. The molecule has 3 unspecified atom stereocenters. The number of aliphatic hydroxyl groups is 1. The first-order valence-corrected chi connectivity index (χ1v) is 7.72. The minimum absolute atomic E-state index is 0.127. The van der Waals surface area contributed by atoms with Crippen LogP contribution in [0.2, 0.25) is 0 Å². The van der Waals surface area contributed by atoms with Gasteiger partial charge >= 0.3 is 0 Å². The summed E-state index contributed by atoms with van der Waals surface area (Å²) in [6.45, 7) is 5.84. The first-order chi connectivity index (χ1) is 10.9. The monoisotopic (exact) mass is 317 g/mol. The number of aliphatic hydroxyl groups excluding tert-OH is 1. The largest absolute Gasteiger partial charge is 0.446 e. The van der Waals surface area contributed by atoms with E-state index in [1.165, 1.54) is 18.8 Å². The van der Waals surface area contributed by atoms with Crippen LogP contribution < -0.4 is 11.1 Å². The smallest absolute Gasteiger partial charge is 0.277 e. The second-order valence-corrected chi connectivity index (χ2v) is 5.72. The van der Waals surface area contributed by atoms with E-state index in [1.54, 1.807) is 0 Å². The Morgan fingerprint density at radius 2 is 2.00 bits per heavy atom. The van der Waals surface area contributed by atoms with E-state index in [0.717, 1.165) is 6.42 Å². The second-order valence-electron chi connectivity index (χ2n) is 5.72. The Morgan fingerprint density at radius 1 is 1.35 bits per heavy atom. The normalized spacial score (nSPS) is 15.0. The van der Waals surface area contributed by atoms with E-state index >= 15 is 0 Å². The van der Waals surface area contributed by atoms with Crippen LogP contribution in [0.1, 0.15) is 61.1 Å². The molecule has 0 saturated heterocycles. The molecule has 0 aliphatic heterocycles. The molecule has 4 N–H and O–H groups in total. The average molecular weight is 317 g/mol. The Hall–Kier alpha value is -2.18. The number of nitrogens with one attached hydrogen (secondary N) is 1. The molecule has 2 aromatic rings. The number of aromatic nitrogens is 1. The van der Waals surface area contributed by atoms with Gasteiger partial charge in [-0.15, -0.1) is 0 Å². The van der Waals surface area contributed by atoms with Gasteiger partial charge in [0, 0.05) is 5.69 Å². The summed E-state index contributed by atoms with van der Waals surface area (Å²) < 4.78 is 5.15. The van der Waals surface area contributed by atoms with Crippen molar-refractivity contribution in [3.63, 3.8) is 0 Å². The molecule has 124 valence electrons. The van der Waals surface area contributed by atoms with Gasteiger partial charge in [0.25, 0.3) is 5.91 Å². The van der Waals surface area contributed by atoms with Crippen molar-refractivity contribution in [3.8, 4) is 0 Å². The number of amides is 1. The fraction of sp³-hybridized carbons (Fsp3) is 0.412. The molecule has 0 saturated carbocycles. The lowest BCUT2D eigenvalue weighted by molar-refractivity contribution is 0.102. The van der Waals surface area contributed by atoms with Crippen molar-refractivity contribution in [3.05, 3.63) is 47.7 Å². The van der Waals surface area contributed by atoms with Crippen molar-refractivity contribution in [2.24, 2.45) is 5.73 Å². The highest BCUT2D eigenvalue weighted by atomic mass is 16.3. The van der Waals surface area contributed by atoms with Crippen molar-refractivity contribution >= 4 is 11.6 Å². The number of carbonyl (C=O) groups excluding carboxylic acids is 1. The summed E-state index contributed by atoms with van der Waals surface area (Å²) in [5.41, 5.74) is 7.77. The Bertz CT molecular complexity index is 649. The maximum absolute atomic E-state index is 12.2. The van der Waals surface area contributed by atoms with Crippen molar-refractivity contribution in [1.29, 1.82) is 0 Å². The van der Waals surface area contributed by atoms with Crippen LogP contribution in [0.15, 0.2) is 34.9 Å². The number of nitrogens with two attached hydrogens (primary N) is 1. The van der Waals surface area contributed by atoms with Crippen LogP contribution in [0.4, 0.5) is 5.69 Å². The zero-order chi connectivity index (χ0) is 17.0. The molecule has 1 amide bonds. The number of rotatable bonds is 6. The van der Waals surface area contributed by atoms with Crippen LogP contribution in [-0.2, 0) is 0 Å². The number of nitrogens with zero attached hydrogens (tertiary/aromatic N) is 1. The van der Waals surface area contributed by atoms with Crippen molar-refractivity contribution in [2.45, 2.75) is 45.3 Å². The number of hydrogen-bond donors (Lipinski definition) is 3. The highest BCUT2D eigenvalue weighted by molar-refractivity contribution is 6.02. The fourth-order valence-corrected chi connectivity index (χ4v) is 2.08. The quantitative estimate of drug-likeness (QED) is 0.760. The van der Waals surface area contributed by atoms with Gasteiger partial charge in [0.2, 0.25) is 5.89 Å². The Labute approximate surface area is 135 Å². The Balaban J connectivity index is 2.04. The number of oxazole rings is 1. The third-order valence-corrected chi connectivity index (χ3v) is 3.91. The molecule has 0 aliphatic rings. The van der Waals surface area contributed by atoms with Crippen LogP contribution in [0.25, 0.3) is 0 Å². The summed E-state index contributed by atoms with van der Waals surface area (Å²) in [5, 5.41) is 12.2. The molecular weight excluding hydrogens is 294 g/mol. The minimum Gasteiger partial charge on any atom is -0.446 e. The van der Waals surface area contributed by atoms with Crippen molar-refractivity contribution in [2.75, 3.05) is 5.32 Å². The number of benzene rings is 1. The molecule has 3 atom stereocenters. The molecule has 0 radical (unpaired) electrons. The van der Waals surface area contributed by atoms with Gasteiger partial charge in [0.05, 0.1) is 6.10 Å². The molecule has 0 spiro atoms. The molecule has 2 rings (SSSR count). The molecule has 1 aromatic carbocycles. The van der Waals surface area contributed by atoms with Crippen LogP contribution >= 0.6 is 0 Å². The summed E-state index contributed by atoms with van der Waals surface area (Å²) in [7, 11) is 0. The summed E-state index contributed by atoms with van der Waals surface area (Å²) in [5.74, 6) is 0.242. The predicted molar refractivity (Wildman–Crippen MR) is 88.2 cm³/mol. The zero-order valence-corrected chi connectivity index (χ0v) is 13.6. The summed E-state index contributed by atoms with van der Waals surface area (Å²) in [4.78, 5) is 16.2. The molecule has 0 aliphatic carbocycles. The lowest BCUT2D eigenvalue weighted by atomic mass is 9.99. The highest BCUT2D eigenvalue weighted by Crippen LogP contribution is 2.21. The van der Waals surface area contributed by atoms with E-state index < -0.39 is 12.1 Å². The third-order valence-electron chi connectivity index (χ3n) is 3.91. The average Bonchev–Trinajstić information content (AvgIpc) is 3.04. The summed E-state index contributed by atoms with van der Waals surface area (Å²) in [6.07, 6.45) is 1.50. The van der Waals surface area contributed by atoms with Gasteiger partial charge in [-0.1, -0.05) is 26.0 Å². The van der Waals surface area contributed by atoms with E-state index in [4.69, 9.17) is 10.2 Å². The predicted octanol–water partition coefficient (Wildman–Crippen LogP) is 2.82. The topological polar surface area (TPSA) is 101 Å². The fourth-order valence-electron chi connectivity index (χ4n) is 2.08. The Kier molecular flexibility index (Phi) is 5.52. The van der Waals surface area contributed by atoms with Gasteiger partial charge in [0.1, 0.15) is 12.3 Å². The standard InChI is InChI=1S/C17H23N3O3/c1-4-10(2)12-5-7-13(8-6-12)19-16(22)14-9-23-17(20-14)15(18)11(3)21/h5-11,15,21H,4,18H2,1-3H3,(H,19,22). The number of hydrogen-bond acceptors (Lipinski definition) is 5. The second kappa shape index (κ2) is 7.39. The molecule has 23 heavy (non-hydrogen) atoms. The SMILES string of the molecule is CCC(C)c1ccc(NC(=O)c2coc(C(N)C(C)O)n2)cc1. The molecule has 6 nitrogen and oxygen atoms in total. The van der Waals surface area contributed by atoms with Crippen molar-refractivity contribution < 1.29 is 14.3 Å². The van der Waals surface area contributed by atoms with Crippen molar-refractivity contribution in [1.82, 2.24) is 4.98 Å². The molecule has 6 heteroatoms. The van der Waals surface area contributed by atoms with E-state index in [9.17, 15) is 9.90 Å². The van der Waals surface area contributed by atoms with Crippen LogP contribution in [0.3, 0.4) is 0 Å². The Morgan fingerprint density at radius 3 is 2.57 bits per heavy atom. The van der Waals surface area contributed by atoms with Gasteiger partial charge in [0.15, 0.2) is 5.69 Å². The molecule has 0 bridgehead atoms. The maximum atomic E-state index is 12.2. The first-order valence-electron chi connectivity index (χ1n) is 7.72. The molecule has 0 fully saturated rings. The van der Waals surface area contributed by atoms with Gasteiger partial charge in [-0.25, -0.2) is 4.98 Å². The van der Waals surface area contributed by atoms with Gasteiger partial charge in [-0.05, 0) is 37.0 Å². The zero-order valence-electron chi connectivity index (χ0n) is 13.6. The summed E-state index contributed by atoms with van der Waals surface area (Å²) >= 11 is 0. The van der Waals surface area contributed by atoms with E-state index in [1.807, 2.05) is 24.3 Å². The summed E-state index contributed by atoms with van der Waals surface area (Å²) in [6, 6.07) is 6.97. The molecule has 1 heterocycles. The van der Waals surface area contributed by atoms with Crippen LogP contribution in [0, 0.1) is 0 Å². The maximum Gasteiger partial charge on any atom is 0.277 e.